The summed E-state index contributed by atoms with van der Waals surface area (Å²) in [5.74, 6) is 1.37. The molecule has 24 heavy (non-hydrogen) atoms. The predicted octanol–water partition coefficient (Wildman–Crippen LogP) is 4.99. The number of para-hydroxylation sites is 1. The molecule has 1 amide bonds. The number of rotatable bonds is 5. The first kappa shape index (κ1) is 16.6. The lowest BCUT2D eigenvalue weighted by atomic mass is 10.2. The second kappa shape index (κ2) is 6.73. The van der Waals surface area contributed by atoms with Crippen molar-refractivity contribution >= 4 is 32.8 Å². The van der Waals surface area contributed by atoms with Gasteiger partial charge in [-0.2, -0.15) is 0 Å². The zero-order valence-corrected chi connectivity index (χ0v) is 15.3. The van der Waals surface area contributed by atoms with Gasteiger partial charge in [0.25, 0.3) is 5.91 Å². The van der Waals surface area contributed by atoms with Gasteiger partial charge >= 0.3 is 0 Å². The predicted molar refractivity (Wildman–Crippen MR) is 94.4 cm³/mol. The van der Waals surface area contributed by atoms with Crippen molar-refractivity contribution in [2.24, 2.45) is 0 Å². The molecule has 126 valence electrons. The first-order valence-electron chi connectivity index (χ1n) is 7.71. The van der Waals surface area contributed by atoms with Crippen LogP contribution in [0.4, 0.5) is 0 Å². The third-order valence-corrected chi connectivity index (χ3v) is 4.09. The van der Waals surface area contributed by atoms with E-state index in [9.17, 15) is 4.79 Å². The molecule has 0 saturated heterocycles. The lowest BCUT2D eigenvalue weighted by molar-refractivity contribution is 0.0905. The third-order valence-electron chi connectivity index (χ3n) is 3.70. The van der Waals surface area contributed by atoms with E-state index in [1.165, 1.54) is 0 Å². The largest absolute Gasteiger partial charge is 0.490 e. The Labute approximate surface area is 148 Å². The fourth-order valence-electron chi connectivity index (χ4n) is 2.54. The van der Waals surface area contributed by atoms with Crippen LogP contribution in [-0.4, -0.2) is 12.5 Å². The normalized spacial score (nSPS) is 12.3. The zero-order chi connectivity index (χ0) is 17.3. The summed E-state index contributed by atoms with van der Waals surface area (Å²) < 4.78 is 17.4. The van der Waals surface area contributed by atoms with Crippen LogP contribution in [0.25, 0.3) is 11.0 Å². The minimum Gasteiger partial charge on any atom is -0.490 e. The number of hydrogen-bond donors (Lipinski definition) is 1. The van der Waals surface area contributed by atoms with E-state index >= 15 is 0 Å². The smallest absolute Gasteiger partial charge is 0.287 e. The molecule has 2 heterocycles. The highest BCUT2D eigenvalue weighted by atomic mass is 79.9. The Morgan fingerprint density at radius 2 is 2.12 bits per heavy atom. The molecular formula is C18H18BrNO4. The summed E-state index contributed by atoms with van der Waals surface area (Å²) in [6, 6.07) is 9.10. The number of nitrogens with one attached hydrogen (secondary N) is 1. The van der Waals surface area contributed by atoms with E-state index in [-0.39, 0.29) is 11.9 Å². The van der Waals surface area contributed by atoms with Gasteiger partial charge in [-0.3, -0.25) is 4.79 Å². The van der Waals surface area contributed by atoms with E-state index in [0.717, 1.165) is 10.9 Å². The lowest BCUT2D eigenvalue weighted by Gasteiger charge is -2.10. The van der Waals surface area contributed by atoms with Gasteiger partial charge in [0.1, 0.15) is 5.76 Å². The summed E-state index contributed by atoms with van der Waals surface area (Å²) in [6.45, 7) is 6.18. The quantitative estimate of drug-likeness (QED) is 0.665. The Kier molecular flexibility index (Phi) is 4.66. The molecule has 0 radical (unpaired) electrons. The van der Waals surface area contributed by atoms with E-state index in [1.54, 1.807) is 6.07 Å². The number of carbonyl (C=O) groups is 1. The number of fused-ring (bicyclic) bond motifs is 1. The molecule has 3 rings (SSSR count). The second-order valence-electron chi connectivity index (χ2n) is 5.51. The third kappa shape index (κ3) is 3.19. The van der Waals surface area contributed by atoms with E-state index in [0.29, 0.717) is 34.1 Å². The van der Waals surface area contributed by atoms with Crippen molar-refractivity contribution in [3.63, 3.8) is 0 Å². The van der Waals surface area contributed by atoms with Gasteiger partial charge < -0.3 is 18.9 Å². The number of hydrogen-bond acceptors (Lipinski definition) is 4. The van der Waals surface area contributed by atoms with Gasteiger partial charge in [0.05, 0.1) is 12.6 Å². The lowest BCUT2D eigenvalue weighted by Crippen LogP contribution is -2.26. The maximum absolute atomic E-state index is 12.4. The van der Waals surface area contributed by atoms with Gasteiger partial charge in [-0.15, -0.1) is 0 Å². The molecular weight excluding hydrogens is 374 g/mol. The number of ether oxygens (including phenoxy) is 1. The highest BCUT2D eigenvalue weighted by molar-refractivity contribution is 9.10. The molecule has 0 saturated carbocycles. The molecule has 2 aromatic heterocycles. The van der Waals surface area contributed by atoms with Crippen LogP contribution in [0.1, 0.15) is 41.8 Å². The van der Waals surface area contributed by atoms with Gasteiger partial charge in [0.2, 0.25) is 0 Å². The van der Waals surface area contributed by atoms with Crippen LogP contribution in [-0.2, 0) is 0 Å². The van der Waals surface area contributed by atoms with Crippen LogP contribution in [0.3, 0.4) is 0 Å². The molecule has 0 bridgehead atoms. The van der Waals surface area contributed by atoms with Crippen LogP contribution >= 0.6 is 15.9 Å². The van der Waals surface area contributed by atoms with Gasteiger partial charge in [0, 0.05) is 10.9 Å². The highest BCUT2D eigenvalue weighted by Gasteiger charge is 2.20. The van der Waals surface area contributed by atoms with Crippen LogP contribution < -0.4 is 10.1 Å². The molecule has 0 fully saturated rings. The van der Waals surface area contributed by atoms with Crippen molar-refractivity contribution in [3.8, 4) is 5.75 Å². The Balaban J connectivity index is 1.83. The molecule has 0 aliphatic heterocycles. The number of amides is 1. The topological polar surface area (TPSA) is 64.6 Å². The van der Waals surface area contributed by atoms with Crippen LogP contribution in [0, 0.1) is 6.92 Å². The first-order valence-corrected chi connectivity index (χ1v) is 8.51. The summed E-state index contributed by atoms with van der Waals surface area (Å²) >= 11 is 3.23. The molecule has 1 aromatic carbocycles. The maximum Gasteiger partial charge on any atom is 0.287 e. The van der Waals surface area contributed by atoms with Gasteiger partial charge in [-0.1, -0.05) is 12.1 Å². The molecule has 1 N–H and O–H groups in total. The molecule has 1 atom stereocenters. The van der Waals surface area contributed by atoms with Crippen LogP contribution in [0.15, 0.2) is 43.8 Å². The molecule has 1 unspecified atom stereocenters. The maximum atomic E-state index is 12.4. The molecule has 0 aliphatic carbocycles. The van der Waals surface area contributed by atoms with Crippen LogP contribution in [0.2, 0.25) is 0 Å². The van der Waals surface area contributed by atoms with E-state index < -0.39 is 0 Å². The standard InChI is InChI=1S/C18H18BrNO4/c1-4-22-13-7-5-6-12-9-14(23-17(12)13)11(3)20-18(21)16-10(2)8-15(19)24-16/h5-9,11H,4H2,1-3H3,(H,20,21). The Hall–Kier alpha value is -2.21. The van der Waals surface area contributed by atoms with Crippen molar-refractivity contribution in [2.45, 2.75) is 26.8 Å². The minimum atomic E-state index is -0.303. The number of carbonyl (C=O) groups excluding carboxylic acids is 1. The second-order valence-corrected chi connectivity index (χ2v) is 6.30. The zero-order valence-electron chi connectivity index (χ0n) is 13.7. The Bertz CT molecular complexity index is 880. The number of aryl methyl sites for hydroxylation is 1. The van der Waals surface area contributed by atoms with Crippen molar-refractivity contribution in [1.29, 1.82) is 0 Å². The number of furan rings is 2. The molecule has 3 aromatic rings. The highest BCUT2D eigenvalue weighted by Crippen LogP contribution is 2.31. The van der Waals surface area contributed by atoms with E-state index in [1.807, 2.05) is 45.0 Å². The van der Waals surface area contributed by atoms with Crippen molar-refractivity contribution < 1.29 is 18.4 Å². The average molecular weight is 392 g/mol. The fourth-order valence-corrected chi connectivity index (χ4v) is 3.05. The van der Waals surface area contributed by atoms with Crippen molar-refractivity contribution in [3.05, 3.63) is 52.1 Å². The summed E-state index contributed by atoms with van der Waals surface area (Å²) in [5.41, 5.74) is 1.46. The van der Waals surface area contributed by atoms with Gasteiger partial charge in [0.15, 0.2) is 21.8 Å². The molecule has 5 nitrogen and oxygen atoms in total. The summed E-state index contributed by atoms with van der Waals surface area (Å²) in [6.07, 6.45) is 0. The van der Waals surface area contributed by atoms with Crippen LogP contribution in [0.5, 0.6) is 5.75 Å². The molecule has 6 heteroatoms. The van der Waals surface area contributed by atoms with Crippen molar-refractivity contribution in [1.82, 2.24) is 5.32 Å². The van der Waals surface area contributed by atoms with Crippen molar-refractivity contribution in [2.75, 3.05) is 6.61 Å². The summed E-state index contributed by atoms with van der Waals surface area (Å²) in [7, 11) is 0. The minimum absolute atomic E-state index is 0.281. The monoisotopic (exact) mass is 391 g/mol. The number of halogens is 1. The molecule has 0 aliphatic rings. The number of benzene rings is 1. The Morgan fingerprint density at radius 3 is 2.79 bits per heavy atom. The summed E-state index contributed by atoms with van der Waals surface area (Å²) in [4.78, 5) is 12.4. The Morgan fingerprint density at radius 1 is 1.33 bits per heavy atom. The molecule has 0 spiro atoms. The SMILES string of the molecule is CCOc1cccc2cc(C(C)NC(=O)c3oc(Br)cc3C)oc12. The first-order chi connectivity index (χ1) is 11.5. The van der Waals surface area contributed by atoms with E-state index in [2.05, 4.69) is 21.2 Å². The fraction of sp³-hybridized carbons (Fsp3) is 0.278. The van der Waals surface area contributed by atoms with Gasteiger partial charge in [-0.05, 0) is 54.9 Å². The van der Waals surface area contributed by atoms with Gasteiger partial charge in [-0.25, -0.2) is 0 Å². The summed E-state index contributed by atoms with van der Waals surface area (Å²) in [5, 5.41) is 3.83. The average Bonchev–Trinajstić information content (AvgIpc) is 3.11. The van der Waals surface area contributed by atoms with E-state index in [4.69, 9.17) is 13.6 Å².